The lowest BCUT2D eigenvalue weighted by atomic mass is 10.2. The number of rotatable bonds is 3. The Bertz CT molecular complexity index is 142. The minimum Gasteiger partial charge on any atom is -0.336 e. The van der Waals surface area contributed by atoms with E-state index in [0.29, 0.717) is 9.49 Å². The van der Waals surface area contributed by atoms with Gasteiger partial charge in [0.05, 0.1) is 0 Å². The van der Waals surface area contributed by atoms with E-state index >= 15 is 0 Å². The van der Waals surface area contributed by atoms with Crippen molar-refractivity contribution in [3.05, 3.63) is 0 Å². The highest BCUT2D eigenvalue weighted by Crippen LogP contribution is 2.38. The first-order valence-corrected chi connectivity index (χ1v) is 8.14. The number of nitrogens with one attached hydrogen (secondary N) is 1. The first kappa shape index (κ1) is 12.7. The van der Waals surface area contributed by atoms with Gasteiger partial charge in [0.25, 0.3) is 0 Å². The largest absolute Gasteiger partial charge is 0.336 e. The van der Waals surface area contributed by atoms with Gasteiger partial charge in [0.2, 0.25) is 0 Å². The monoisotopic (exact) mass is 251 g/mol. The van der Waals surface area contributed by atoms with Crippen LogP contribution in [0.5, 0.6) is 0 Å². The van der Waals surface area contributed by atoms with Crippen LogP contribution in [0.3, 0.4) is 0 Å². The molecular formula is C9H22BrNSi. The van der Waals surface area contributed by atoms with Crippen molar-refractivity contribution < 1.29 is 0 Å². The van der Waals surface area contributed by atoms with Crippen molar-refractivity contribution in [3.63, 3.8) is 0 Å². The van der Waals surface area contributed by atoms with E-state index in [1.54, 1.807) is 0 Å². The van der Waals surface area contributed by atoms with Crippen molar-refractivity contribution in [2.45, 2.75) is 50.7 Å². The summed E-state index contributed by atoms with van der Waals surface area (Å²) < 4.78 is 0.616. The van der Waals surface area contributed by atoms with Gasteiger partial charge in [-0.1, -0.05) is 57.1 Å². The van der Waals surface area contributed by atoms with Crippen molar-refractivity contribution in [1.29, 1.82) is 0 Å². The summed E-state index contributed by atoms with van der Waals surface area (Å²) in [5.74, 6) is 0. The second kappa shape index (κ2) is 4.25. The zero-order valence-electron chi connectivity index (χ0n) is 9.16. The Morgan fingerprint density at radius 3 is 1.92 bits per heavy atom. The summed E-state index contributed by atoms with van der Waals surface area (Å²) in [6.07, 6.45) is 0. The van der Waals surface area contributed by atoms with Gasteiger partial charge >= 0.3 is 0 Å². The number of halogens is 1. The van der Waals surface area contributed by atoms with Gasteiger partial charge in [-0.05, 0) is 11.6 Å². The van der Waals surface area contributed by atoms with Gasteiger partial charge in [-0.2, -0.15) is 0 Å². The van der Waals surface area contributed by atoms with Crippen LogP contribution in [0.15, 0.2) is 0 Å². The van der Waals surface area contributed by atoms with Crippen LogP contribution >= 0.6 is 15.9 Å². The molecule has 1 nitrogen and oxygen atoms in total. The third-order valence-corrected chi connectivity index (χ3v) is 11.4. The summed E-state index contributed by atoms with van der Waals surface area (Å²) in [7, 11) is -1.36. The van der Waals surface area contributed by atoms with Crippen molar-refractivity contribution in [2.24, 2.45) is 0 Å². The Morgan fingerprint density at radius 2 is 1.83 bits per heavy atom. The van der Waals surface area contributed by atoms with E-state index in [1.807, 2.05) is 0 Å². The molecule has 2 atom stereocenters. The fraction of sp³-hybridized carbons (Fsp3) is 1.00. The summed E-state index contributed by atoms with van der Waals surface area (Å²) in [6, 6.07) is 0. The Hall–Kier alpha value is 0.657. The van der Waals surface area contributed by atoms with E-state index in [-0.39, 0.29) is 0 Å². The maximum Gasteiger partial charge on any atom is 0.141 e. The fourth-order valence-electron chi connectivity index (χ4n) is 1.37. The molecule has 1 N–H and O–H groups in total. The lowest BCUT2D eigenvalue weighted by Crippen LogP contribution is -2.60. The number of hydrogen-bond acceptors (Lipinski definition) is 1. The van der Waals surface area contributed by atoms with E-state index < -0.39 is 8.24 Å². The van der Waals surface area contributed by atoms with Crippen LogP contribution in [-0.2, 0) is 0 Å². The molecule has 0 aromatic rings. The molecule has 0 aliphatic carbocycles. The Balaban J connectivity index is 4.62. The van der Waals surface area contributed by atoms with Gasteiger partial charge in [0.15, 0.2) is 0 Å². The average molecular weight is 252 g/mol. The molecule has 0 saturated heterocycles. The first-order valence-electron chi connectivity index (χ1n) is 4.64. The van der Waals surface area contributed by atoms with Crippen molar-refractivity contribution in [2.75, 3.05) is 6.54 Å². The summed E-state index contributed by atoms with van der Waals surface area (Å²) in [5.41, 5.74) is 0. The topological polar surface area (TPSA) is 12.0 Å². The van der Waals surface area contributed by atoms with E-state index in [4.69, 9.17) is 0 Å². The van der Waals surface area contributed by atoms with E-state index in [2.05, 4.69) is 62.1 Å². The van der Waals surface area contributed by atoms with Crippen LogP contribution in [-0.4, -0.2) is 19.2 Å². The van der Waals surface area contributed by atoms with Crippen LogP contribution < -0.4 is 4.98 Å². The van der Waals surface area contributed by atoms with Gasteiger partial charge in [-0.25, -0.2) is 0 Å². The quantitative estimate of drug-likeness (QED) is 0.600. The summed E-state index contributed by atoms with van der Waals surface area (Å²) in [6.45, 7) is 14.9. The molecule has 0 aromatic carbocycles. The van der Waals surface area contributed by atoms with Crippen LogP contribution in [0.25, 0.3) is 0 Å². The van der Waals surface area contributed by atoms with Gasteiger partial charge in [0.1, 0.15) is 8.24 Å². The number of hydrogen-bond donors (Lipinski definition) is 1. The SMILES string of the molecule is CCN[Si](C)(C(C)Br)C(C)(C)C. The maximum absolute atomic E-state index is 3.73. The molecule has 74 valence electrons. The summed E-state index contributed by atoms with van der Waals surface area (Å²) in [5, 5.41) is 0.409. The van der Waals surface area contributed by atoms with Gasteiger partial charge < -0.3 is 4.98 Å². The van der Waals surface area contributed by atoms with E-state index in [1.165, 1.54) is 0 Å². The standard InChI is InChI=1S/C9H22BrNSi/c1-7-11-12(6,8(2)10)9(3,4)5/h8,11H,7H2,1-6H3. The molecule has 0 aliphatic rings. The van der Waals surface area contributed by atoms with Crippen molar-refractivity contribution in [3.8, 4) is 0 Å². The second-order valence-electron chi connectivity index (χ2n) is 4.60. The third kappa shape index (κ3) is 2.57. The smallest absolute Gasteiger partial charge is 0.141 e. The van der Waals surface area contributed by atoms with Crippen molar-refractivity contribution >= 4 is 24.2 Å². The molecule has 12 heavy (non-hydrogen) atoms. The average Bonchev–Trinajstić information content (AvgIpc) is 1.85. The van der Waals surface area contributed by atoms with Crippen LogP contribution in [0, 0.1) is 0 Å². The summed E-state index contributed by atoms with van der Waals surface area (Å²) >= 11 is 3.73. The van der Waals surface area contributed by atoms with Crippen LogP contribution in [0.1, 0.15) is 34.6 Å². The number of alkyl halides is 1. The molecule has 0 spiro atoms. The van der Waals surface area contributed by atoms with E-state index in [0.717, 1.165) is 6.54 Å². The predicted octanol–water partition coefficient (Wildman–Crippen LogP) is 3.29. The lowest BCUT2D eigenvalue weighted by molar-refractivity contribution is 0.678. The molecule has 0 amide bonds. The molecule has 0 radical (unpaired) electrons. The van der Waals surface area contributed by atoms with Crippen LogP contribution in [0.2, 0.25) is 11.6 Å². The van der Waals surface area contributed by atoms with Crippen molar-refractivity contribution in [1.82, 2.24) is 4.98 Å². The molecule has 0 saturated carbocycles. The predicted molar refractivity (Wildman–Crippen MR) is 63.4 cm³/mol. The minimum atomic E-state index is -1.36. The van der Waals surface area contributed by atoms with E-state index in [9.17, 15) is 0 Å². The Kier molecular flexibility index (Phi) is 4.48. The molecule has 0 heterocycles. The maximum atomic E-state index is 3.73. The molecule has 2 unspecified atom stereocenters. The zero-order chi connectivity index (χ0) is 9.99. The van der Waals surface area contributed by atoms with Gasteiger partial charge in [-0.15, -0.1) is 0 Å². The fourth-order valence-corrected chi connectivity index (χ4v) is 6.65. The lowest BCUT2D eigenvalue weighted by Gasteiger charge is -2.42. The third-order valence-electron chi connectivity index (χ3n) is 2.90. The van der Waals surface area contributed by atoms with Gasteiger partial charge in [0, 0.05) is 4.45 Å². The molecule has 3 heteroatoms. The molecular weight excluding hydrogens is 230 g/mol. The molecule has 0 rings (SSSR count). The minimum absolute atomic E-state index is 0.409. The Labute approximate surface area is 86.5 Å². The Morgan fingerprint density at radius 1 is 1.42 bits per heavy atom. The summed E-state index contributed by atoms with van der Waals surface area (Å²) in [4.78, 5) is 3.69. The molecule has 0 aromatic heterocycles. The highest BCUT2D eigenvalue weighted by molar-refractivity contribution is 9.10. The zero-order valence-corrected chi connectivity index (χ0v) is 11.7. The first-order chi connectivity index (χ1) is 5.25. The van der Waals surface area contributed by atoms with Crippen LogP contribution in [0.4, 0.5) is 0 Å². The molecule has 0 bridgehead atoms. The highest BCUT2D eigenvalue weighted by Gasteiger charge is 2.43. The second-order valence-corrected chi connectivity index (χ2v) is 11.9. The normalized spacial score (nSPS) is 20.2. The molecule has 0 fully saturated rings. The molecule has 0 aliphatic heterocycles. The highest BCUT2D eigenvalue weighted by atomic mass is 79.9. The van der Waals surface area contributed by atoms with Gasteiger partial charge in [-0.3, -0.25) is 0 Å².